The van der Waals surface area contributed by atoms with Gasteiger partial charge in [0.25, 0.3) is 11.6 Å². The number of rotatable bonds is 5. The molecule has 4 N–H and O–H groups in total. The number of benzene rings is 1. The molecule has 0 atom stereocenters. The van der Waals surface area contributed by atoms with Crippen molar-refractivity contribution in [3.63, 3.8) is 0 Å². The van der Waals surface area contributed by atoms with E-state index in [1.165, 1.54) is 30.7 Å². The zero-order chi connectivity index (χ0) is 15.2. The van der Waals surface area contributed by atoms with Crippen LogP contribution < -0.4 is 16.6 Å². The normalized spacial score (nSPS) is 9.95. The minimum Gasteiger partial charge on any atom is -0.346 e. The number of hydrogen-bond donors (Lipinski definition) is 3. The summed E-state index contributed by atoms with van der Waals surface area (Å²) in [6, 6.07) is 5.58. The van der Waals surface area contributed by atoms with Gasteiger partial charge in [0, 0.05) is 18.0 Å². The van der Waals surface area contributed by atoms with E-state index in [1.54, 1.807) is 6.07 Å². The Kier molecular flexibility index (Phi) is 4.36. The van der Waals surface area contributed by atoms with Gasteiger partial charge < -0.3 is 10.7 Å². The molecule has 0 bridgehead atoms. The SMILES string of the molecule is NNc1ccc([N+](=O)[O-])c(C(=O)NCc2ccncn2)c1. The molecule has 0 saturated heterocycles. The number of hydrazine groups is 1. The van der Waals surface area contributed by atoms with Crippen molar-refractivity contribution in [1.82, 2.24) is 15.3 Å². The number of nitrogens with one attached hydrogen (secondary N) is 2. The molecule has 108 valence electrons. The highest BCUT2D eigenvalue weighted by Gasteiger charge is 2.20. The zero-order valence-electron chi connectivity index (χ0n) is 10.8. The van der Waals surface area contributed by atoms with E-state index in [4.69, 9.17) is 5.84 Å². The largest absolute Gasteiger partial charge is 0.346 e. The molecule has 0 saturated carbocycles. The number of nitrogens with zero attached hydrogens (tertiary/aromatic N) is 3. The highest BCUT2D eigenvalue weighted by Crippen LogP contribution is 2.22. The van der Waals surface area contributed by atoms with Gasteiger partial charge in [0.2, 0.25) is 0 Å². The van der Waals surface area contributed by atoms with Gasteiger partial charge in [0.05, 0.1) is 17.2 Å². The molecule has 9 nitrogen and oxygen atoms in total. The Morgan fingerprint density at radius 2 is 2.19 bits per heavy atom. The topological polar surface area (TPSA) is 136 Å². The van der Waals surface area contributed by atoms with E-state index in [0.717, 1.165) is 0 Å². The van der Waals surface area contributed by atoms with Crippen LogP contribution >= 0.6 is 0 Å². The van der Waals surface area contributed by atoms with Gasteiger partial charge in [0.15, 0.2) is 0 Å². The lowest BCUT2D eigenvalue weighted by atomic mass is 10.1. The van der Waals surface area contributed by atoms with Gasteiger partial charge in [0.1, 0.15) is 11.9 Å². The molecule has 0 unspecified atom stereocenters. The van der Waals surface area contributed by atoms with Crippen molar-refractivity contribution in [1.29, 1.82) is 0 Å². The highest BCUT2D eigenvalue weighted by atomic mass is 16.6. The zero-order valence-corrected chi connectivity index (χ0v) is 10.8. The molecule has 9 heteroatoms. The smallest absolute Gasteiger partial charge is 0.282 e. The average Bonchev–Trinajstić information content (AvgIpc) is 2.52. The van der Waals surface area contributed by atoms with E-state index < -0.39 is 10.8 Å². The van der Waals surface area contributed by atoms with E-state index in [0.29, 0.717) is 11.4 Å². The maximum absolute atomic E-state index is 12.1. The lowest BCUT2D eigenvalue weighted by Gasteiger charge is -2.07. The number of anilines is 1. The lowest BCUT2D eigenvalue weighted by molar-refractivity contribution is -0.385. The standard InChI is InChI=1S/C12H12N6O3/c13-17-8-1-2-11(18(20)21)10(5-8)12(19)15-6-9-3-4-14-7-16-9/h1-5,7,17H,6,13H2,(H,15,19). The number of nitrogen functional groups attached to an aromatic ring is 1. The fourth-order valence-corrected chi connectivity index (χ4v) is 1.66. The van der Waals surface area contributed by atoms with Gasteiger partial charge in [-0.05, 0) is 18.2 Å². The summed E-state index contributed by atoms with van der Waals surface area (Å²) in [6.07, 6.45) is 2.89. The second kappa shape index (κ2) is 6.39. The van der Waals surface area contributed by atoms with Gasteiger partial charge in [-0.25, -0.2) is 9.97 Å². The van der Waals surface area contributed by atoms with Crippen LogP contribution in [0.2, 0.25) is 0 Å². The molecule has 0 aliphatic heterocycles. The van der Waals surface area contributed by atoms with Gasteiger partial charge in [-0.1, -0.05) is 0 Å². The second-order valence-corrected chi connectivity index (χ2v) is 4.02. The summed E-state index contributed by atoms with van der Waals surface area (Å²) in [5.41, 5.74) is 2.95. The summed E-state index contributed by atoms with van der Waals surface area (Å²) in [6.45, 7) is 0.138. The molecule has 21 heavy (non-hydrogen) atoms. The Hall–Kier alpha value is -3.07. The van der Waals surface area contributed by atoms with Crippen LogP contribution in [0.25, 0.3) is 0 Å². The molecule has 0 fully saturated rings. The Labute approximate surface area is 119 Å². The summed E-state index contributed by atoms with van der Waals surface area (Å²) < 4.78 is 0. The van der Waals surface area contributed by atoms with E-state index in [2.05, 4.69) is 20.7 Å². The predicted molar refractivity (Wildman–Crippen MR) is 74.1 cm³/mol. The first kappa shape index (κ1) is 14.3. The van der Waals surface area contributed by atoms with E-state index in [1.807, 2.05) is 0 Å². The third kappa shape index (κ3) is 3.48. The van der Waals surface area contributed by atoms with Crippen molar-refractivity contribution in [3.8, 4) is 0 Å². The third-order valence-corrected chi connectivity index (χ3v) is 2.68. The number of carbonyl (C=O) groups is 1. The van der Waals surface area contributed by atoms with E-state index in [-0.39, 0.29) is 17.8 Å². The molecule has 0 radical (unpaired) electrons. The van der Waals surface area contributed by atoms with Crippen molar-refractivity contribution >= 4 is 17.3 Å². The number of aromatic nitrogens is 2. The van der Waals surface area contributed by atoms with Crippen molar-refractivity contribution in [2.75, 3.05) is 5.43 Å². The fraction of sp³-hybridized carbons (Fsp3) is 0.0833. The van der Waals surface area contributed by atoms with Crippen LogP contribution in [-0.4, -0.2) is 20.8 Å². The summed E-state index contributed by atoms with van der Waals surface area (Å²) in [4.78, 5) is 30.1. The molecule has 1 heterocycles. The fourth-order valence-electron chi connectivity index (χ4n) is 1.66. The number of nitro benzene ring substituents is 1. The number of nitrogens with two attached hydrogens (primary N) is 1. The molecule has 2 rings (SSSR count). The van der Waals surface area contributed by atoms with Crippen LogP contribution in [0.1, 0.15) is 16.1 Å². The Morgan fingerprint density at radius 1 is 1.38 bits per heavy atom. The van der Waals surface area contributed by atoms with Gasteiger partial charge in [-0.15, -0.1) is 0 Å². The van der Waals surface area contributed by atoms with E-state index >= 15 is 0 Å². The molecule has 1 aromatic heterocycles. The van der Waals surface area contributed by atoms with Gasteiger partial charge in [-0.3, -0.25) is 20.8 Å². The maximum atomic E-state index is 12.1. The third-order valence-electron chi connectivity index (χ3n) is 2.68. The van der Waals surface area contributed by atoms with Crippen molar-refractivity contribution < 1.29 is 9.72 Å². The highest BCUT2D eigenvalue weighted by molar-refractivity contribution is 5.99. The van der Waals surface area contributed by atoms with Crippen molar-refractivity contribution in [2.45, 2.75) is 6.54 Å². The molecule has 0 aliphatic carbocycles. The van der Waals surface area contributed by atoms with Crippen molar-refractivity contribution in [3.05, 3.63) is 58.2 Å². The Morgan fingerprint density at radius 3 is 2.81 bits per heavy atom. The molecule has 2 aromatic rings. The molecule has 0 aliphatic rings. The molecular formula is C12H12N6O3. The van der Waals surface area contributed by atoms with Crippen LogP contribution in [0.5, 0.6) is 0 Å². The van der Waals surface area contributed by atoms with Crippen LogP contribution in [0, 0.1) is 10.1 Å². The average molecular weight is 288 g/mol. The first-order chi connectivity index (χ1) is 10.1. The number of carbonyl (C=O) groups excluding carboxylic acids is 1. The van der Waals surface area contributed by atoms with Crippen LogP contribution in [-0.2, 0) is 6.54 Å². The van der Waals surface area contributed by atoms with Gasteiger partial charge in [-0.2, -0.15) is 0 Å². The lowest BCUT2D eigenvalue weighted by Crippen LogP contribution is -2.24. The predicted octanol–water partition coefficient (Wildman–Crippen LogP) is 0.600. The summed E-state index contributed by atoms with van der Waals surface area (Å²) in [5.74, 6) is 4.66. The quantitative estimate of drug-likeness (QED) is 0.416. The van der Waals surface area contributed by atoms with Gasteiger partial charge >= 0.3 is 0 Å². The molecule has 1 aromatic carbocycles. The number of nitro groups is 1. The van der Waals surface area contributed by atoms with Crippen LogP contribution in [0.4, 0.5) is 11.4 Å². The monoisotopic (exact) mass is 288 g/mol. The van der Waals surface area contributed by atoms with Crippen molar-refractivity contribution in [2.24, 2.45) is 5.84 Å². The van der Waals surface area contributed by atoms with Crippen LogP contribution in [0.3, 0.4) is 0 Å². The molecule has 1 amide bonds. The minimum atomic E-state index is -0.625. The number of amides is 1. The van der Waals surface area contributed by atoms with E-state index in [9.17, 15) is 14.9 Å². The summed E-state index contributed by atoms with van der Waals surface area (Å²) in [7, 11) is 0. The first-order valence-corrected chi connectivity index (χ1v) is 5.90. The molecule has 0 spiro atoms. The number of hydrogen-bond acceptors (Lipinski definition) is 7. The Balaban J connectivity index is 2.19. The summed E-state index contributed by atoms with van der Waals surface area (Å²) >= 11 is 0. The maximum Gasteiger partial charge on any atom is 0.282 e. The summed E-state index contributed by atoms with van der Waals surface area (Å²) in [5, 5.41) is 13.5. The minimum absolute atomic E-state index is 0.0792. The molecular weight excluding hydrogens is 276 g/mol. The first-order valence-electron chi connectivity index (χ1n) is 5.90. The van der Waals surface area contributed by atoms with Crippen LogP contribution in [0.15, 0.2) is 36.8 Å². The second-order valence-electron chi connectivity index (χ2n) is 4.02. The Bertz CT molecular complexity index is 661.